The van der Waals surface area contributed by atoms with E-state index in [1.807, 2.05) is 30.3 Å². The number of carboxylic acids is 1. The summed E-state index contributed by atoms with van der Waals surface area (Å²) in [6, 6.07) is 16.7. The van der Waals surface area contributed by atoms with E-state index >= 15 is 0 Å². The predicted octanol–water partition coefficient (Wildman–Crippen LogP) is 2.00. The Balaban J connectivity index is 2.13. The fourth-order valence-corrected chi connectivity index (χ4v) is 2.08. The maximum atomic E-state index is 12.0. The lowest BCUT2D eigenvalue weighted by Gasteiger charge is -2.21. The first kappa shape index (κ1) is 16.5. The van der Waals surface area contributed by atoms with Gasteiger partial charge in [0, 0.05) is 6.08 Å². The van der Waals surface area contributed by atoms with Gasteiger partial charge in [0.2, 0.25) is 5.91 Å². The number of carbonyl (C=O) groups is 2. The molecular formula is C18H17NO4. The first-order valence-electron chi connectivity index (χ1n) is 7.07. The first-order valence-corrected chi connectivity index (χ1v) is 7.07. The zero-order valence-electron chi connectivity index (χ0n) is 12.3. The summed E-state index contributed by atoms with van der Waals surface area (Å²) in [5.41, 5.74) is 1.36. The Hall–Kier alpha value is -2.92. The van der Waals surface area contributed by atoms with Crippen LogP contribution < -0.4 is 5.32 Å². The third kappa shape index (κ3) is 4.79. The molecular weight excluding hydrogens is 294 g/mol. The summed E-state index contributed by atoms with van der Waals surface area (Å²) in [4.78, 5) is 23.1. The minimum Gasteiger partial charge on any atom is -0.479 e. The van der Waals surface area contributed by atoms with Crippen molar-refractivity contribution in [1.29, 1.82) is 0 Å². The molecule has 0 aliphatic carbocycles. The van der Waals surface area contributed by atoms with Gasteiger partial charge in [0.1, 0.15) is 0 Å². The van der Waals surface area contributed by atoms with Crippen LogP contribution in [0.5, 0.6) is 0 Å². The lowest BCUT2D eigenvalue weighted by Crippen LogP contribution is -2.39. The second-order valence-electron chi connectivity index (χ2n) is 4.92. The van der Waals surface area contributed by atoms with Crippen LogP contribution >= 0.6 is 0 Å². The first-order chi connectivity index (χ1) is 11.1. The number of aliphatic hydroxyl groups is 1. The van der Waals surface area contributed by atoms with Gasteiger partial charge in [-0.2, -0.15) is 0 Å². The summed E-state index contributed by atoms with van der Waals surface area (Å²) in [6.45, 7) is 0. The highest BCUT2D eigenvalue weighted by atomic mass is 16.4. The summed E-state index contributed by atoms with van der Waals surface area (Å²) in [5.74, 6) is -1.88. The lowest BCUT2D eigenvalue weighted by atomic mass is 10.0. The van der Waals surface area contributed by atoms with Crippen LogP contribution in [0.1, 0.15) is 17.2 Å². The lowest BCUT2D eigenvalue weighted by molar-refractivity contribution is -0.148. The van der Waals surface area contributed by atoms with Gasteiger partial charge in [-0.1, -0.05) is 60.7 Å². The van der Waals surface area contributed by atoms with Crippen LogP contribution in [0.2, 0.25) is 0 Å². The Kier molecular flexibility index (Phi) is 5.66. The zero-order valence-corrected chi connectivity index (χ0v) is 12.3. The monoisotopic (exact) mass is 311 g/mol. The van der Waals surface area contributed by atoms with Crippen molar-refractivity contribution in [3.8, 4) is 0 Å². The standard InChI is InChI=1S/C18H17NO4/c20-15(12-11-13-7-3-1-4-8-13)19-16(17(21)18(22)23)14-9-5-2-6-10-14/h1-12,16-17,21H,(H,19,20)(H,22,23). The molecule has 0 aliphatic rings. The molecule has 2 atom stereocenters. The number of nitrogens with one attached hydrogen (secondary N) is 1. The number of carbonyl (C=O) groups excluding carboxylic acids is 1. The molecule has 2 unspecified atom stereocenters. The van der Waals surface area contributed by atoms with E-state index in [1.54, 1.807) is 36.4 Å². The second kappa shape index (κ2) is 7.91. The van der Waals surface area contributed by atoms with Crippen LogP contribution in [0.25, 0.3) is 6.08 Å². The largest absolute Gasteiger partial charge is 0.479 e. The molecule has 0 spiro atoms. The van der Waals surface area contributed by atoms with Gasteiger partial charge in [-0.25, -0.2) is 4.79 Å². The van der Waals surface area contributed by atoms with Crippen LogP contribution in [-0.2, 0) is 9.59 Å². The number of hydrogen-bond donors (Lipinski definition) is 3. The fourth-order valence-electron chi connectivity index (χ4n) is 2.08. The quantitative estimate of drug-likeness (QED) is 0.712. The van der Waals surface area contributed by atoms with E-state index in [9.17, 15) is 14.7 Å². The molecule has 118 valence electrons. The molecule has 0 aliphatic heterocycles. The molecule has 2 aromatic rings. The second-order valence-corrected chi connectivity index (χ2v) is 4.92. The highest BCUT2D eigenvalue weighted by molar-refractivity contribution is 5.92. The number of rotatable bonds is 6. The number of hydrogen-bond acceptors (Lipinski definition) is 3. The molecule has 23 heavy (non-hydrogen) atoms. The van der Waals surface area contributed by atoms with Crippen LogP contribution in [0.3, 0.4) is 0 Å². The molecule has 0 saturated heterocycles. The molecule has 2 aromatic carbocycles. The van der Waals surface area contributed by atoms with Crippen molar-refractivity contribution < 1.29 is 19.8 Å². The summed E-state index contributed by atoms with van der Waals surface area (Å²) in [5, 5.41) is 21.4. The average Bonchev–Trinajstić information content (AvgIpc) is 2.59. The van der Waals surface area contributed by atoms with E-state index in [0.29, 0.717) is 5.56 Å². The van der Waals surface area contributed by atoms with Crippen molar-refractivity contribution in [3.63, 3.8) is 0 Å². The Morgan fingerprint density at radius 1 is 0.957 bits per heavy atom. The molecule has 0 bridgehead atoms. The van der Waals surface area contributed by atoms with Crippen LogP contribution in [0, 0.1) is 0 Å². The number of benzene rings is 2. The SMILES string of the molecule is O=C(C=Cc1ccccc1)NC(c1ccccc1)C(O)C(=O)O. The molecule has 5 heteroatoms. The Morgan fingerprint density at radius 2 is 1.52 bits per heavy atom. The summed E-state index contributed by atoms with van der Waals surface area (Å²) in [7, 11) is 0. The summed E-state index contributed by atoms with van der Waals surface area (Å²) in [6.07, 6.45) is 1.19. The van der Waals surface area contributed by atoms with Gasteiger partial charge in [-0.3, -0.25) is 4.79 Å². The molecule has 3 N–H and O–H groups in total. The summed E-state index contributed by atoms with van der Waals surface area (Å²) >= 11 is 0. The van der Waals surface area contributed by atoms with Crippen molar-refractivity contribution in [1.82, 2.24) is 5.32 Å². The Morgan fingerprint density at radius 3 is 2.09 bits per heavy atom. The van der Waals surface area contributed by atoms with Crippen molar-refractivity contribution in [2.24, 2.45) is 0 Å². The van der Waals surface area contributed by atoms with E-state index in [0.717, 1.165) is 5.56 Å². The van der Waals surface area contributed by atoms with Crippen molar-refractivity contribution in [3.05, 3.63) is 77.9 Å². The van der Waals surface area contributed by atoms with Crippen molar-refractivity contribution >= 4 is 18.0 Å². The van der Waals surface area contributed by atoms with Crippen molar-refractivity contribution in [2.45, 2.75) is 12.1 Å². The van der Waals surface area contributed by atoms with E-state index in [2.05, 4.69) is 5.32 Å². The number of aliphatic hydroxyl groups excluding tert-OH is 1. The van der Waals surface area contributed by atoms with Crippen LogP contribution in [0.15, 0.2) is 66.7 Å². The molecule has 0 saturated carbocycles. The maximum Gasteiger partial charge on any atom is 0.335 e. The molecule has 0 aromatic heterocycles. The van der Waals surface area contributed by atoms with Crippen molar-refractivity contribution in [2.75, 3.05) is 0 Å². The maximum absolute atomic E-state index is 12.0. The Bertz CT molecular complexity index is 683. The molecule has 5 nitrogen and oxygen atoms in total. The highest BCUT2D eigenvalue weighted by Crippen LogP contribution is 2.17. The number of amides is 1. The molecule has 0 radical (unpaired) electrons. The van der Waals surface area contributed by atoms with Crippen LogP contribution in [-0.4, -0.2) is 28.2 Å². The molecule has 2 rings (SSSR count). The van der Waals surface area contributed by atoms with E-state index < -0.39 is 24.0 Å². The van der Waals surface area contributed by atoms with Gasteiger partial charge in [0.05, 0.1) is 6.04 Å². The van der Waals surface area contributed by atoms with Gasteiger partial charge in [0.25, 0.3) is 0 Å². The average molecular weight is 311 g/mol. The highest BCUT2D eigenvalue weighted by Gasteiger charge is 2.28. The topological polar surface area (TPSA) is 86.6 Å². The van der Waals surface area contributed by atoms with Gasteiger partial charge < -0.3 is 15.5 Å². The minimum absolute atomic E-state index is 0.483. The normalized spacial score (nSPS) is 13.4. The van der Waals surface area contributed by atoms with E-state index in [1.165, 1.54) is 6.08 Å². The summed E-state index contributed by atoms with van der Waals surface area (Å²) < 4.78 is 0. The molecule has 1 amide bonds. The zero-order chi connectivity index (χ0) is 16.7. The number of aliphatic carboxylic acids is 1. The molecule has 0 heterocycles. The van der Waals surface area contributed by atoms with Gasteiger partial charge in [-0.05, 0) is 17.2 Å². The minimum atomic E-state index is -1.73. The van der Waals surface area contributed by atoms with Crippen LogP contribution in [0.4, 0.5) is 0 Å². The van der Waals surface area contributed by atoms with E-state index in [-0.39, 0.29) is 0 Å². The Labute approximate surface area is 133 Å². The number of carboxylic acid groups (broad SMARTS) is 1. The van der Waals surface area contributed by atoms with Gasteiger partial charge in [-0.15, -0.1) is 0 Å². The van der Waals surface area contributed by atoms with Gasteiger partial charge in [0.15, 0.2) is 6.10 Å². The molecule has 0 fully saturated rings. The fraction of sp³-hybridized carbons (Fsp3) is 0.111. The van der Waals surface area contributed by atoms with E-state index in [4.69, 9.17) is 5.11 Å². The third-order valence-corrected chi connectivity index (χ3v) is 3.25. The smallest absolute Gasteiger partial charge is 0.335 e. The van der Waals surface area contributed by atoms with Gasteiger partial charge >= 0.3 is 5.97 Å². The predicted molar refractivity (Wildman–Crippen MR) is 86.4 cm³/mol. The third-order valence-electron chi connectivity index (χ3n) is 3.25.